The summed E-state index contributed by atoms with van der Waals surface area (Å²) in [5.74, 6) is -0.0569. The van der Waals surface area contributed by atoms with E-state index < -0.39 is 0 Å². The molecule has 18 heavy (non-hydrogen) atoms. The molecular weight excluding hydrogens is 250 g/mol. The summed E-state index contributed by atoms with van der Waals surface area (Å²) in [6.45, 7) is 1.80. The Kier molecular flexibility index (Phi) is 3.22. The molecule has 1 amide bonds. The molecule has 2 aromatic rings. The fourth-order valence-corrected chi connectivity index (χ4v) is 2.61. The molecule has 1 fully saturated rings. The molecule has 1 saturated heterocycles. The number of morpholine rings is 1. The van der Waals surface area contributed by atoms with Crippen molar-refractivity contribution in [3.8, 4) is 0 Å². The van der Waals surface area contributed by atoms with Crippen LogP contribution in [0, 0.1) is 0 Å². The van der Waals surface area contributed by atoms with Crippen LogP contribution in [-0.4, -0.2) is 36.7 Å². The number of ether oxygens (including phenoxy) is 1. The summed E-state index contributed by atoms with van der Waals surface area (Å²) >= 11 is 1.56. The van der Waals surface area contributed by atoms with E-state index in [0.29, 0.717) is 19.8 Å². The Hall–Kier alpha value is -1.50. The number of anilines is 1. The van der Waals surface area contributed by atoms with Crippen LogP contribution in [0.3, 0.4) is 0 Å². The molecule has 1 atom stereocenters. The van der Waals surface area contributed by atoms with E-state index in [1.165, 1.54) is 0 Å². The third-order valence-corrected chi connectivity index (χ3v) is 3.63. The smallest absolute Gasteiger partial charge is 0.243 e. The third kappa shape index (κ3) is 2.35. The number of aromatic nitrogens is 1. The van der Waals surface area contributed by atoms with Crippen LogP contribution in [0.1, 0.15) is 0 Å². The lowest BCUT2D eigenvalue weighted by atomic mass is 10.2. The number of carbonyl (C=O) groups is 1. The highest BCUT2D eigenvalue weighted by Crippen LogP contribution is 2.21. The number of nitrogens with one attached hydrogen (secondary N) is 2. The molecule has 0 bridgehead atoms. The van der Waals surface area contributed by atoms with Crippen molar-refractivity contribution in [3.63, 3.8) is 0 Å². The van der Waals surface area contributed by atoms with Crippen LogP contribution in [-0.2, 0) is 9.53 Å². The van der Waals surface area contributed by atoms with Crippen molar-refractivity contribution in [2.24, 2.45) is 0 Å². The van der Waals surface area contributed by atoms with Crippen LogP contribution in [0.15, 0.2) is 23.7 Å². The number of thiazole rings is 1. The zero-order chi connectivity index (χ0) is 12.4. The molecule has 2 N–H and O–H groups in total. The van der Waals surface area contributed by atoms with Gasteiger partial charge in [-0.15, -0.1) is 11.3 Å². The first-order chi connectivity index (χ1) is 8.83. The Balaban J connectivity index is 1.72. The molecule has 0 aliphatic carbocycles. The molecule has 1 aromatic heterocycles. The molecule has 0 radical (unpaired) electrons. The van der Waals surface area contributed by atoms with Crippen molar-refractivity contribution in [1.29, 1.82) is 0 Å². The van der Waals surface area contributed by atoms with Crippen LogP contribution in [0.5, 0.6) is 0 Å². The first kappa shape index (κ1) is 11.6. The lowest BCUT2D eigenvalue weighted by Gasteiger charge is -2.22. The average molecular weight is 263 g/mol. The van der Waals surface area contributed by atoms with Gasteiger partial charge in [-0.3, -0.25) is 4.79 Å². The minimum Gasteiger partial charge on any atom is -0.378 e. The van der Waals surface area contributed by atoms with E-state index in [4.69, 9.17) is 4.74 Å². The van der Waals surface area contributed by atoms with E-state index >= 15 is 0 Å². The lowest BCUT2D eigenvalue weighted by Crippen LogP contribution is -2.48. The molecule has 0 spiro atoms. The van der Waals surface area contributed by atoms with Gasteiger partial charge in [-0.05, 0) is 18.2 Å². The van der Waals surface area contributed by atoms with Gasteiger partial charge in [-0.25, -0.2) is 4.98 Å². The van der Waals surface area contributed by atoms with Gasteiger partial charge < -0.3 is 15.4 Å². The molecular formula is C12H13N3O2S. The minimum absolute atomic E-state index is 0.0569. The summed E-state index contributed by atoms with van der Waals surface area (Å²) in [7, 11) is 0. The summed E-state index contributed by atoms with van der Waals surface area (Å²) in [4.78, 5) is 16.2. The zero-order valence-corrected chi connectivity index (χ0v) is 10.5. The highest BCUT2D eigenvalue weighted by molar-refractivity contribution is 7.16. The van der Waals surface area contributed by atoms with Crippen molar-refractivity contribution in [3.05, 3.63) is 23.7 Å². The van der Waals surface area contributed by atoms with Gasteiger partial charge in [0.15, 0.2) is 0 Å². The quantitative estimate of drug-likeness (QED) is 0.855. The van der Waals surface area contributed by atoms with Crippen LogP contribution < -0.4 is 10.6 Å². The van der Waals surface area contributed by atoms with Crippen LogP contribution in [0.25, 0.3) is 10.2 Å². The largest absolute Gasteiger partial charge is 0.378 e. The number of nitrogens with zero attached hydrogens (tertiary/aromatic N) is 1. The van der Waals surface area contributed by atoms with E-state index in [2.05, 4.69) is 15.6 Å². The fraction of sp³-hybridized carbons (Fsp3) is 0.333. The maximum absolute atomic E-state index is 12.0. The molecule has 1 aliphatic heterocycles. The van der Waals surface area contributed by atoms with E-state index in [-0.39, 0.29) is 11.9 Å². The Morgan fingerprint density at radius 2 is 2.50 bits per heavy atom. The minimum atomic E-state index is -0.268. The van der Waals surface area contributed by atoms with Gasteiger partial charge in [0, 0.05) is 12.2 Å². The average Bonchev–Trinajstić information content (AvgIpc) is 2.87. The number of hydrogen-bond acceptors (Lipinski definition) is 5. The van der Waals surface area contributed by atoms with Gasteiger partial charge in [-0.1, -0.05) is 0 Å². The molecule has 1 unspecified atom stereocenters. The van der Waals surface area contributed by atoms with Crippen molar-refractivity contribution in [2.75, 3.05) is 25.1 Å². The Morgan fingerprint density at radius 3 is 3.33 bits per heavy atom. The first-order valence-electron chi connectivity index (χ1n) is 5.78. The molecule has 94 valence electrons. The molecule has 3 rings (SSSR count). The summed E-state index contributed by atoms with van der Waals surface area (Å²) in [5, 5.41) is 6.02. The topological polar surface area (TPSA) is 63.2 Å². The van der Waals surface area contributed by atoms with Gasteiger partial charge in [0.25, 0.3) is 0 Å². The number of fused-ring (bicyclic) bond motifs is 1. The highest BCUT2D eigenvalue weighted by Gasteiger charge is 2.21. The van der Waals surface area contributed by atoms with E-state index in [0.717, 1.165) is 15.9 Å². The molecule has 2 heterocycles. The molecule has 1 aliphatic rings. The summed E-state index contributed by atoms with van der Waals surface area (Å²) in [5.41, 5.74) is 3.55. The number of hydrogen-bond donors (Lipinski definition) is 2. The van der Waals surface area contributed by atoms with Crippen molar-refractivity contribution in [1.82, 2.24) is 10.3 Å². The maximum Gasteiger partial charge on any atom is 0.243 e. The zero-order valence-electron chi connectivity index (χ0n) is 9.68. The molecule has 1 aromatic carbocycles. The second-order valence-electron chi connectivity index (χ2n) is 4.11. The van der Waals surface area contributed by atoms with Crippen molar-refractivity contribution >= 4 is 33.1 Å². The summed E-state index contributed by atoms with van der Waals surface area (Å²) in [6, 6.07) is 5.45. The van der Waals surface area contributed by atoms with Crippen molar-refractivity contribution in [2.45, 2.75) is 6.04 Å². The van der Waals surface area contributed by atoms with Gasteiger partial charge in [0.1, 0.15) is 6.04 Å². The van der Waals surface area contributed by atoms with Gasteiger partial charge in [-0.2, -0.15) is 0 Å². The Labute approximate surface area is 108 Å². The number of rotatable bonds is 2. The van der Waals surface area contributed by atoms with E-state index in [1.54, 1.807) is 16.8 Å². The molecule has 6 heteroatoms. The third-order valence-electron chi connectivity index (χ3n) is 2.84. The summed E-state index contributed by atoms with van der Waals surface area (Å²) < 4.78 is 6.34. The lowest BCUT2D eigenvalue weighted by molar-refractivity contribution is -0.120. The second-order valence-corrected chi connectivity index (χ2v) is 4.99. The molecule has 5 nitrogen and oxygen atoms in total. The normalized spacial score (nSPS) is 19.9. The molecule has 0 saturated carbocycles. The Bertz CT molecular complexity index is 563. The Morgan fingerprint density at radius 1 is 1.56 bits per heavy atom. The maximum atomic E-state index is 12.0. The predicted octanol–water partition coefficient (Wildman–Crippen LogP) is 1.22. The number of amides is 1. The predicted molar refractivity (Wildman–Crippen MR) is 70.9 cm³/mol. The van der Waals surface area contributed by atoms with Gasteiger partial charge >= 0.3 is 0 Å². The highest BCUT2D eigenvalue weighted by atomic mass is 32.1. The monoisotopic (exact) mass is 263 g/mol. The van der Waals surface area contributed by atoms with E-state index in [1.807, 2.05) is 18.2 Å². The summed E-state index contributed by atoms with van der Waals surface area (Å²) in [6.07, 6.45) is 0. The van der Waals surface area contributed by atoms with Crippen LogP contribution >= 0.6 is 11.3 Å². The first-order valence-corrected chi connectivity index (χ1v) is 6.66. The van der Waals surface area contributed by atoms with Crippen molar-refractivity contribution < 1.29 is 9.53 Å². The fourth-order valence-electron chi connectivity index (χ4n) is 1.90. The number of benzene rings is 1. The number of carbonyl (C=O) groups excluding carboxylic acids is 1. The SMILES string of the molecule is O=C(Nc1ccc2ncsc2c1)C1COCCN1. The standard InChI is InChI=1S/C12H13N3O2S/c16-12(10-6-17-4-3-13-10)15-8-1-2-9-11(5-8)18-7-14-9/h1-2,5,7,10,13H,3-4,6H2,(H,15,16). The van der Waals surface area contributed by atoms with Gasteiger partial charge in [0.2, 0.25) is 5.91 Å². The second kappa shape index (κ2) is 5.01. The van der Waals surface area contributed by atoms with Crippen LogP contribution in [0.4, 0.5) is 5.69 Å². The van der Waals surface area contributed by atoms with E-state index in [9.17, 15) is 4.79 Å². The van der Waals surface area contributed by atoms with Crippen LogP contribution in [0.2, 0.25) is 0 Å². The van der Waals surface area contributed by atoms with Gasteiger partial charge in [0.05, 0.1) is 28.9 Å².